The van der Waals surface area contributed by atoms with Gasteiger partial charge in [0.25, 0.3) is 0 Å². The van der Waals surface area contributed by atoms with Crippen molar-refractivity contribution in [1.82, 2.24) is 10.3 Å². The fourth-order valence-electron chi connectivity index (χ4n) is 1.65. The fourth-order valence-corrected chi connectivity index (χ4v) is 1.65. The molecule has 1 heterocycles. The second-order valence-electron chi connectivity index (χ2n) is 4.02. The Morgan fingerprint density at radius 3 is 3.00 bits per heavy atom. The monoisotopic (exact) mass is 258 g/mol. The van der Waals surface area contributed by atoms with Gasteiger partial charge in [0.1, 0.15) is 12.0 Å². The first-order chi connectivity index (χ1) is 9.33. The highest BCUT2D eigenvalue weighted by molar-refractivity contribution is 5.57. The van der Waals surface area contributed by atoms with Crippen LogP contribution in [0.25, 0.3) is 6.08 Å². The van der Waals surface area contributed by atoms with Gasteiger partial charge in [-0.1, -0.05) is 37.3 Å². The molecule has 4 nitrogen and oxygen atoms in total. The minimum Gasteiger partial charge on any atom is -0.417 e. The van der Waals surface area contributed by atoms with Crippen LogP contribution in [0.15, 0.2) is 41.0 Å². The SMILES string of the molecule is C/C=C/c1ccccc1Oc1nc(CNCC)co1. The minimum absolute atomic E-state index is 0.268. The molecule has 0 bridgehead atoms. The van der Waals surface area contributed by atoms with Gasteiger partial charge in [-0.2, -0.15) is 4.98 Å². The van der Waals surface area contributed by atoms with Crippen molar-refractivity contribution in [2.45, 2.75) is 20.4 Å². The van der Waals surface area contributed by atoms with Crippen LogP contribution in [0.1, 0.15) is 25.1 Å². The van der Waals surface area contributed by atoms with Gasteiger partial charge in [0.15, 0.2) is 0 Å². The topological polar surface area (TPSA) is 47.3 Å². The lowest BCUT2D eigenvalue weighted by Gasteiger charge is -2.04. The number of nitrogens with zero attached hydrogens (tertiary/aromatic N) is 1. The molecule has 0 aliphatic carbocycles. The van der Waals surface area contributed by atoms with E-state index >= 15 is 0 Å². The van der Waals surface area contributed by atoms with E-state index in [9.17, 15) is 0 Å². The highest BCUT2D eigenvalue weighted by atomic mass is 16.6. The average molecular weight is 258 g/mol. The largest absolute Gasteiger partial charge is 0.417 e. The minimum atomic E-state index is 0.268. The lowest BCUT2D eigenvalue weighted by atomic mass is 10.2. The Morgan fingerprint density at radius 1 is 1.37 bits per heavy atom. The van der Waals surface area contributed by atoms with E-state index in [1.807, 2.05) is 50.3 Å². The smallest absolute Gasteiger partial charge is 0.399 e. The third kappa shape index (κ3) is 3.69. The van der Waals surface area contributed by atoms with Crippen LogP contribution in [0, 0.1) is 0 Å². The molecule has 0 atom stereocenters. The number of rotatable bonds is 6. The zero-order chi connectivity index (χ0) is 13.5. The van der Waals surface area contributed by atoms with Crippen molar-refractivity contribution in [3.05, 3.63) is 47.9 Å². The standard InChI is InChI=1S/C15H18N2O2/c1-3-7-12-8-5-6-9-14(12)19-15-17-13(11-18-15)10-16-4-2/h3,5-9,11,16H,4,10H2,1-2H3/b7-3+. The lowest BCUT2D eigenvalue weighted by molar-refractivity contribution is 0.330. The maximum Gasteiger partial charge on any atom is 0.399 e. The van der Waals surface area contributed by atoms with Crippen LogP contribution in [0.3, 0.4) is 0 Å². The number of benzene rings is 1. The number of hydrogen-bond acceptors (Lipinski definition) is 4. The van der Waals surface area contributed by atoms with Crippen LogP contribution < -0.4 is 10.1 Å². The summed E-state index contributed by atoms with van der Waals surface area (Å²) in [6, 6.07) is 7.76. The molecule has 2 aromatic rings. The van der Waals surface area contributed by atoms with Gasteiger partial charge in [0.2, 0.25) is 0 Å². The normalized spacial score (nSPS) is 11.1. The van der Waals surface area contributed by atoms with Gasteiger partial charge in [0, 0.05) is 12.1 Å². The molecule has 100 valence electrons. The summed E-state index contributed by atoms with van der Waals surface area (Å²) in [4.78, 5) is 4.27. The summed E-state index contributed by atoms with van der Waals surface area (Å²) in [5.74, 6) is 0.734. The van der Waals surface area contributed by atoms with E-state index in [1.54, 1.807) is 6.26 Å². The molecule has 0 aliphatic rings. The van der Waals surface area contributed by atoms with Gasteiger partial charge in [-0.25, -0.2) is 0 Å². The molecule has 0 saturated heterocycles. The summed E-state index contributed by atoms with van der Waals surface area (Å²) in [6.45, 7) is 5.59. The zero-order valence-corrected chi connectivity index (χ0v) is 11.2. The maximum absolute atomic E-state index is 5.67. The number of ether oxygens (including phenoxy) is 1. The molecule has 2 rings (SSSR count). The third-order valence-corrected chi connectivity index (χ3v) is 2.55. The van der Waals surface area contributed by atoms with Gasteiger partial charge in [-0.3, -0.25) is 0 Å². The Bertz CT molecular complexity index is 547. The van der Waals surface area contributed by atoms with Crippen LogP contribution in [-0.4, -0.2) is 11.5 Å². The maximum atomic E-state index is 5.67. The van der Waals surface area contributed by atoms with Crippen LogP contribution in [0.4, 0.5) is 0 Å². The van der Waals surface area contributed by atoms with Crippen molar-refractivity contribution >= 4 is 6.08 Å². The summed E-state index contributed by atoms with van der Waals surface area (Å²) in [7, 11) is 0. The van der Waals surface area contributed by atoms with Crippen molar-refractivity contribution in [3.8, 4) is 11.8 Å². The van der Waals surface area contributed by atoms with Crippen molar-refractivity contribution in [2.75, 3.05) is 6.54 Å². The van der Waals surface area contributed by atoms with Crippen LogP contribution in [-0.2, 0) is 6.54 Å². The summed E-state index contributed by atoms with van der Waals surface area (Å²) in [6.07, 6.45) is 5.83. The molecule has 4 heteroatoms. The molecule has 0 radical (unpaired) electrons. The van der Waals surface area contributed by atoms with Crippen LogP contribution in [0.5, 0.6) is 11.8 Å². The predicted octanol–water partition coefficient (Wildman–Crippen LogP) is 3.61. The van der Waals surface area contributed by atoms with E-state index in [1.165, 1.54) is 0 Å². The van der Waals surface area contributed by atoms with E-state index in [0.29, 0.717) is 6.54 Å². The zero-order valence-electron chi connectivity index (χ0n) is 11.2. The molecule has 0 saturated carbocycles. The van der Waals surface area contributed by atoms with E-state index < -0.39 is 0 Å². The van der Waals surface area contributed by atoms with Gasteiger partial charge in [-0.15, -0.1) is 0 Å². The molecule has 19 heavy (non-hydrogen) atoms. The van der Waals surface area contributed by atoms with Crippen LogP contribution in [0.2, 0.25) is 0 Å². The molecule has 1 aromatic carbocycles. The Hall–Kier alpha value is -2.07. The first-order valence-corrected chi connectivity index (χ1v) is 6.38. The van der Waals surface area contributed by atoms with Crippen molar-refractivity contribution in [2.24, 2.45) is 0 Å². The van der Waals surface area contributed by atoms with Crippen molar-refractivity contribution in [3.63, 3.8) is 0 Å². The summed E-state index contributed by atoms with van der Waals surface area (Å²) < 4.78 is 11.0. The lowest BCUT2D eigenvalue weighted by Crippen LogP contribution is -2.11. The average Bonchev–Trinajstić information content (AvgIpc) is 2.87. The highest BCUT2D eigenvalue weighted by Gasteiger charge is 2.08. The summed E-state index contributed by atoms with van der Waals surface area (Å²) >= 11 is 0. The molecule has 1 aromatic heterocycles. The number of para-hydroxylation sites is 1. The molecular weight excluding hydrogens is 240 g/mol. The predicted molar refractivity (Wildman–Crippen MR) is 75.1 cm³/mol. The molecule has 0 amide bonds. The molecule has 0 unspecified atom stereocenters. The second kappa shape index (κ2) is 6.75. The Morgan fingerprint density at radius 2 is 2.21 bits per heavy atom. The van der Waals surface area contributed by atoms with E-state index in [0.717, 1.165) is 23.6 Å². The highest BCUT2D eigenvalue weighted by Crippen LogP contribution is 2.25. The van der Waals surface area contributed by atoms with Gasteiger partial charge in [0.05, 0.1) is 5.69 Å². The van der Waals surface area contributed by atoms with Crippen molar-refractivity contribution in [1.29, 1.82) is 0 Å². The number of aromatic nitrogens is 1. The number of oxazole rings is 1. The van der Waals surface area contributed by atoms with E-state index in [4.69, 9.17) is 9.15 Å². The second-order valence-corrected chi connectivity index (χ2v) is 4.02. The van der Waals surface area contributed by atoms with E-state index in [-0.39, 0.29) is 6.08 Å². The molecule has 0 aliphatic heterocycles. The number of allylic oxidation sites excluding steroid dienone is 1. The van der Waals surface area contributed by atoms with Gasteiger partial charge in [-0.05, 0) is 19.5 Å². The first-order valence-electron chi connectivity index (χ1n) is 6.38. The number of hydrogen-bond donors (Lipinski definition) is 1. The Balaban J connectivity index is 2.10. The van der Waals surface area contributed by atoms with Gasteiger partial charge < -0.3 is 14.5 Å². The fraction of sp³-hybridized carbons (Fsp3) is 0.267. The molecule has 1 N–H and O–H groups in total. The molecule has 0 spiro atoms. The summed E-state index contributed by atoms with van der Waals surface area (Å²) in [5.41, 5.74) is 1.83. The Labute approximate surface area is 113 Å². The quantitative estimate of drug-likeness (QED) is 0.859. The van der Waals surface area contributed by atoms with Gasteiger partial charge >= 0.3 is 6.08 Å². The van der Waals surface area contributed by atoms with Crippen LogP contribution >= 0.6 is 0 Å². The van der Waals surface area contributed by atoms with E-state index in [2.05, 4.69) is 10.3 Å². The molecule has 0 fully saturated rings. The molecular formula is C15H18N2O2. The third-order valence-electron chi connectivity index (χ3n) is 2.55. The first kappa shape index (κ1) is 13.4. The van der Waals surface area contributed by atoms with Crippen molar-refractivity contribution < 1.29 is 9.15 Å². The number of nitrogens with one attached hydrogen (secondary N) is 1. The summed E-state index contributed by atoms with van der Waals surface area (Å²) in [5, 5.41) is 3.18. The Kier molecular flexibility index (Phi) is 4.75.